The first-order chi connectivity index (χ1) is 6.92. The van der Waals surface area contributed by atoms with Gasteiger partial charge in [0.05, 0.1) is 6.54 Å². The molecular weight excluding hydrogens is 209 g/mol. The molecule has 0 aromatic heterocycles. The molecule has 1 saturated heterocycles. The van der Waals surface area contributed by atoms with Gasteiger partial charge in [0.15, 0.2) is 0 Å². The quantitative estimate of drug-likeness (QED) is 0.647. The van der Waals surface area contributed by atoms with Crippen LogP contribution in [-0.2, 0) is 4.79 Å². The van der Waals surface area contributed by atoms with Crippen LogP contribution in [0.5, 0.6) is 0 Å². The second kappa shape index (κ2) is 4.65. The van der Waals surface area contributed by atoms with Crippen molar-refractivity contribution >= 4 is 5.91 Å². The van der Waals surface area contributed by atoms with Gasteiger partial charge in [0.2, 0.25) is 5.91 Å². The molecule has 1 aliphatic heterocycles. The minimum atomic E-state index is -4.16. The van der Waals surface area contributed by atoms with Gasteiger partial charge in [-0.2, -0.15) is 13.2 Å². The zero-order chi connectivity index (χ0) is 11.5. The summed E-state index contributed by atoms with van der Waals surface area (Å²) in [7, 11) is 0. The molecule has 0 atom stereocenters. The van der Waals surface area contributed by atoms with Gasteiger partial charge in [-0.25, -0.2) is 0 Å². The van der Waals surface area contributed by atoms with Crippen molar-refractivity contribution in [1.82, 2.24) is 9.80 Å². The highest BCUT2D eigenvalue weighted by molar-refractivity contribution is 5.87. The molecule has 0 spiro atoms. The van der Waals surface area contributed by atoms with E-state index in [1.54, 1.807) is 0 Å². The van der Waals surface area contributed by atoms with E-state index in [0.717, 1.165) is 0 Å². The molecule has 1 heterocycles. The number of carbonyl (C=O) groups excluding carboxylic acids is 1. The lowest BCUT2D eigenvalue weighted by atomic mass is 10.3. The number of hydrogen-bond donors (Lipinski definition) is 0. The molecule has 1 fully saturated rings. The Morgan fingerprint density at radius 1 is 1.27 bits per heavy atom. The standard InChI is InChI=1S/C9H13F3N2O/c1-2-8(15)14-5-3-13(4-6-14)7-9(10,11)12/h2H,1,3-7H2. The maximum Gasteiger partial charge on any atom is 0.401 e. The van der Waals surface area contributed by atoms with E-state index in [2.05, 4.69) is 6.58 Å². The minimum absolute atomic E-state index is 0.221. The van der Waals surface area contributed by atoms with Crippen LogP contribution in [0.1, 0.15) is 0 Å². The summed E-state index contributed by atoms with van der Waals surface area (Å²) in [5.41, 5.74) is 0. The van der Waals surface area contributed by atoms with Crippen LogP contribution in [0.25, 0.3) is 0 Å². The summed E-state index contributed by atoms with van der Waals surface area (Å²) in [5, 5.41) is 0. The van der Waals surface area contributed by atoms with E-state index in [1.165, 1.54) is 15.9 Å². The third-order valence-electron chi connectivity index (χ3n) is 2.26. The first-order valence-corrected chi connectivity index (χ1v) is 4.63. The van der Waals surface area contributed by atoms with Crippen molar-refractivity contribution in [3.05, 3.63) is 12.7 Å². The van der Waals surface area contributed by atoms with Crippen molar-refractivity contribution in [3.63, 3.8) is 0 Å². The molecule has 1 rings (SSSR count). The summed E-state index contributed by atoms with van der Waals surface area (Å²) in [6, 6.07) is 0. The SMILES string of the molecule is C=CC(=O)N1CCN(CC(F)(F)F)CC1. The Bertz CT molecular complexity index is 244. The van der Waals surface area contributed by atoms with Gasteiger partial charge in [0.25, 0.3) is 0 Å². The molecule has 15 heavy (non-hydrogen) atoms. The molecule has 0 N–H and O–H groups in total. The number of halogens is 3. The molecule has 86 valence electrons. The number of amides is 1. The maximum atomic E-state index is 12.0. The molecule has 3 nitrogen and oxygen atoms in total. The van der Waals surface area contributed by atoms with Crippen molar-refractivity contribution in [1.29, 1.82) is 0 Å². The van der Waals surface area contributed by atoms with Crippen molar-refractivity contribution in [2.45, 2.75) is 6.18 Å². The van der Waals surface area contributed by atoms with Crippen molar-refractivity contribution in [3.8, 4) is 0 Å². The van der Waals surface area contributed by atoms with Crippen LogP contribution in [0.2, 0.25) is 0 Å². The lowest BCUT2D eigenvalue weighted by molar-refractivity contribution is -0.150. The fourth-order valence-electron chi connectivity index (χ4n) is 1.51. The Morgan fingerprint density at radius 3 is 2.20 bits per heavy atom. The Labute approximate surface area is 86.1 Å². The Hall–Kier alpha value is -1.04. The number of piperazine rings is 1. The number of carbonyl (C=O) groups is 1. The summed E-state index contributed by atoms with van der Waals surface area (Å²) in [5.74, 6) is -0.221. The molecule has 0 saturated carbocycles. The lowest BCUT2D eigenvalue weighted by Crippen LogP contribution is -2.50. The molecule has 0 radical (unpaired) electrons. The fraction of sp³-hybridized carbons (Fsp3) is 0.667. The van der Waals surface area contributed by atoms with E-state index in [9.17, 15) is 18.0 Å². The normalized spacial score (nSPS) is 19.0. The predicted octanol–water partition coefficient (Wildman–Crippen LogP) is 0.879. The second-order valence-electron chi connectivity index (χ2n) is 3.42. The zero-order valence-electron chi connectivity index (χ0n) is 8.26. The van der Waals surface area contributed by atoms with E-state index in [4.69, 9.17) is 0 Å². The highest BCUT2D eigenvalue weighted by atomic mass is 19.4. The van der Waals surface area contributed by atoms with E-state index in [0.29, 0.717) is 13.1 Å². The lowest BCUT2D eigenvalue weighted by Gasteiger charge is -2.34. The van der Waals surface area contributed by atoms with E-state index < -0.39 is 12.7 Å². The zero-order valence-corrected chi connectivity index (χ0v) is 8.26. The molecular formula is C9H13F3N2O. The monoisotopic (exact) mass is 222 g/mol. The van der Waals surface area contributed by atoms with Gasteiger partial charge >= 0.3 is 6.18 Å². The van der Waals surface area contributed by atoms with Crippen LogP contribution < -0.4 is 0 Å². The van der Waals surface area contributed by atoms with E-state index >= 15 is 0 Å². The molecule has 1 aliphatic rings. The Morgan fingerprint density at radius 2 is 1.80 bits per heavy atom. The Kier molecular flexibility index (Phi) is 3.73. The molecule has 6 heteroatoms. The van der Waals surface area contributed by atoms with Crippen molar-refractivity contribution < 1.29 is 18.0 Å². The molecule has 0 aromatic rings. The van der Waals surface area contributed by atoms with Gasteiger partial charge in [-0.15, -0.1) is 0 Å². The molecule has 0 unspecified atom stereocenters. The summed E-state index contributed by atoms with van der Waals surface area (Å²) in [4.78, 5) is 13.9. The van der Waals surface area contributed by atoms with Crippen LogP contribution in [0.15, 0.2) is 12.7 Å². The number of rotatable bonds is 2. The summed E-state index contributed by atoms with van der Waals surface area (Å²) in [6.45, 7) is 3.62. The van der Waals surface area contributed by atoms with Gasteiger partial charge in [-0.3, -0.25) is 9.69 Å². The molecule has 0 aromatic carbocycles. The molecule has 1 amide bonds. The smallest absolute Gasteiger partial charge is 0.337 e. The molecule has 0 bridgehead atoms. The van der Waals surface area contributed by atoms with E-state index in [-0.39, 0.29) is 19.0 Å². The first kappa shape index (κ1) is 12.0. The summed E-state index contributed by atoms with van der Waals surface area (Å²) >= 11 is 0. The van der Waals surface area contributed by atoms with Gasteiger partial charge < -0.3 is 4.90 Å². The topological polar surface area (TPSA) is 23.6 Å². The third kappa shape index (κ3) is 3.91. The number of hydrogen-bond acceptors (Lipinski definition) is 2. The number of alkyl halides is 3. The fourth-order valence-corrected chi connectivity index (χ4v) is 1.51. The largest absolute Gasteiger partial charge is 0.401 e. The van der Waals surface area contributed by atoms with Crippen LogP contribution in [0.4, 0.5) is 13.2 Å². The first-order valence-electron chi connectivity index (χ1n) is 4.63. The van der Waals surface area contributed by atoms with Crippen LogP contribution in [-0.4, -0.2) is 54.6 Å². The average Bonchev–Trinajstić information content (AvgIpc) is 2.15. The second-order valence-corrected chi connectivity index (χ2v) is 3.42. The highest BCUT2D eigenvalue weighted by Crippen LogP contribution is 2.17. The van der Waals surface area contributed by atoms with Crippen LogP contribution >= 0.6 is 0 Å². The van der Waals surface area contributed by atoms with Crippen LogP contribution in [0.3, 0.4) is 0 Å². The van der Waals surface area contributed by atoms with Crippen molar-refractivity contribution in [2.75, 3.05) is 32.7 Å². The minimum Gasteiger partial charge on any atom is -0.337 e. The van der Waals surface area contributed by atoms with Crippen LogP contribution in [0, 0.1) is 0 Å². The summed E-state index contributed by atoms with van der Waals surface area (Å²) in [6.07, 6.45) is -2.98. The van der Waals surface area contributed by atoms with E-state index in [1.807, 2.05) is 0 Å². The van der Waals surface area contributed by atoms with Gasteiger partial charge in [-0.1, -0.05) is 6.58 Å². The average molecular weight is 222 g/mol. The third-order valence-corrected chi connectivity index (χ3v) is 2.26. The highest BCUT2D eigenvalue weighted by Gasteiger charge is 2.32. The Balaban J connectivity index is 2.36. The van der Waals surface area contributed by atoms with Gasteiger partial charge in [0, 0.05) is 26.2 Å². The number of nitrogens with zero attached hydrogens (tertiary/aromatic N) is 2. The maximum absolute atomic E-state index is 12.0. The summed E-state index contributed by atoms with van der Waals surface area (Å²) < 4.78 is 36.1. The molecule has 0 aliphatic carbocycles. The van der Waals surface area contributed by atoms with Gasteiger partial charge in [-0.05, 0) is 6.08 Å². The predicted molar refractivity (Wildman–Crippen MR) is 49.3 cm³/mol. The van der Waals surface area contributed by atoms with Gasteiger partial charge in [0.1, 0.15) is 0 Å². The van der Waals surface area contributed by atoms with Crippen molar-refractivity contribution in [2.24, 2.45) is 0 Å².